The number of halogens is 4. The third-order valence-corrected chi connectivity index (χ3v) is 5.28. The quantitative estimate of drug-likeness (QED) is 0.318. The average Bonchev–Trinajstić information content (AvgIpc) is 2.39. The number of rotatable bonds is 14. The molecule has 134 valence electrons. The van der Waals surface area contributed by atoms with Crippen LogP contribution in [0.2, 0.25) is 0 Å². The molecule has 0 aliphatic heterocycles. The van der Waals surface area contributed by atoms with Gasteiger partial charge in [0.15, 0.2) is 9.84 Å². The van der Waals surface area contributed by atoms with Crippen LogP contribution in [0.1, 0.15) is 71.1 Å². The van der Waals surface area contributed by atoms with Crippen LogP contribution in [-0.2, 0) is 9.84 Å². The maximum absolute atomic E-state index is 12.7. The zero-order valence-electron chi connectivity index (χ0n) is 13.3. The monoisotopic (exact) mass is 348 g/mol. The number of hydrogen-bond acceptors (Lipinski definition) is 2. The fourth-order valence-corrected chi connectivity index (χ4v) is 3.74. The zero-order valence-corrected chi connectivity index (χ0v) is 14.1. The van der Waals surface area contributed by atoms with E-state index >= 15 is 0 Å². The highest BCUT2D eigenvalue weighted by Crippen LogP contribution is 2.25. The topological polar surface area (TPSA) is 34.1 Å². The van der Waals surface area contributed by atoms with Crippen LogP contribution in [-0.4, -0.2) is 32.3 Å². The van der Waals surface area contributed by atoms with Crippen molar-refractivity contribution in [2.24, 2.45) is 0 Å². The van der Waals surface area contributed by atoms with Crippen molar-refractivity contribution in [3.05, 3.63) is 0 Å². The minimum Gasteiger partial charge on any atom is -0.229 e. The molecule has 0 aromatic carbocycles. The van der Waals surface area contributed by atoms with Crippen LogP contribution >= 0.6 is 0 Å². The van der Waals surface area contributed by atoms with Crippen LogP contribution in [0.5, 0.6) is 0 Å². The standard InChI is InChI=1S/C15H28F4O2S/c1-2-3-4-5-6-7-8-9-10-11-12-22(20,21)13-15(18,19)14(16)17/h14H,2-13H2,1H3. The molecule has 0 fully saturated rings. The van der Waals surface area contributed by atoms with E-state index in [0.29, 0.717) is 6.42 Å². The summed E-state index contributed by atoms with van der Waals surface area (Å²) < 4.78 is 72.1. The Labute approximate surface area is 131 Å². The summed E-state index contributed by atoms with van der Waals surface area (Å²) in [4.78, 5) is 0. The lowest BCUT2D eigenvalue weighted by Crippen LogP contribution is -2.36. The number of alkyl halides is 4. The van der Waals surface area contributed by atoms with Gasteiger partial charge in [-0.15, -0.1) is 0 Å². The van der Waals surface area contributed by atoms with Crippen molar-refractivity contribution in [2.45, 2.75) is 83.5 Å². The Bertz CT molecular complexity index is 370. The molecule has 0 aliphatic rings. The lowest BCUT2D eigenvalue weighted by molar-refractivity contribution is -0.110. The smallest absolute Gasteiger partial charge is 0.229 e. The molecule has 0 aromatic rings. The molecule has 0 N–H and O–H groups in total. The predicted octanol–water partition coefficient (Wildman–Crippen LogP) is 5.22. The number of sulfone groups is 1. The van der Waals surface area contributed by atoms with Gasteiger partial charge in [0.2, 0.25) is 0 Å². The molecule has 0 unspecified atom stereocenters. The summed E-state index contributed by atoms with van der Waals surface area (Å²) in [5.41, 5.74) is 0. The second kappa shape index (κ2) is 11.2. The Morgan fingerprint density at radius 2 is 1.23 bits per heavy atom. The van der Waals surface area contributed by atoms with E-state index in [1.165, 1.54) is 32.1 Å². The van der Waals surface area contributed by atoms with Gasteiger partial charge in [0.05, 0.1) is 5.75 Å². The molecule has 0 spiro atoms. The van der Waals surface area contributed by atoms with E-state index in [-0.39, 0.29) is 6.42 Å². The Hall–Kier alpha value is -0.330. The average molecular weight is 348 g/mol. The number of hydrogen-bond donors (Lipinski definition) is 0. The number of unbranched alkanes of at least 4 members (excludes halogenated alkanes) is 9. The predicted molar refractivity (Wildman–Crippen MR) is 81.4 cm³/mol. The van der Waals surface area contributed by atoms with Crippen molar-refractivity contribution in [2.75, 3.05) is 11.5 Å². The van der Waals surface area contributed by atoms with Gasteiger partial charge in [-0.2, -0.15) is 8.78 Å². The Balaban J connectivity index is 3.66. The van der Waals surface area contributed by atoms with E-state index < -0.39 is 33.7 Å². The van der Waals surface area contributed by atoms with E-state index in [9.17, 15) is 26.0 Å². The van der Waals surface area contributed by atoms with Gasteiger partial charge in [-0.05, 0) is 6.42 Å². The van der Waals surface area contributed by atoms with Gasteiger partial charge in [-0.25, -0.2) is 17.2 Å². The molecular weight excluding hydrogens is 320 g/mol. The third kappa shape index (κ3) is 11.3. The summed E-state index contributed by atoms with van der Waals surface area (Å²) in [5.74, 6) is -6.64. The van der Waals surface area contributed by atoms with Crippen LogP contribution in [0.4, 0.5) is 17.6 Å². The van der Waals surface area contributed by atoms with E-state index in [4.69, 9.17) is 0 Å². The first-order valence-electron chi connectivity index (χ1n) is 8.07. The molecule has 0 aliphatic carbocycles. The molecule has 0 aromatic heterocycles. The van der Waals surface area contributed by atoms with Crippen LogP contribution in [0.15, 0.2) is 0 Å². The summed E-state index contributed by atoms with van der Waals surface area (Å²) in [7, 11) is -4.12. The highest BCUT2D eigenvalue weighted by molar-refractivity contribution is 7.91. The first-order chi connectivity index (χ1) is 10.2. The van der Waals surface area contributed by atoms with Gasteiger partial charge in [0, 0.05) is 0 Å². The summed E-state index contributed by atoms with van der Waals surface area (Å²) in [6.45, 7) is 2.16. The molecule has 0 radical (unpaired) electrons. The van der Waals surface area contributed by atoms with Gasteiger partial charge >= 0.3 is 12.3 Å². The first kappa shape index (κ1) is 21.7. The minimum atomic E-state index is -4.45. The Kier molecular flexibility index (Phi) is 11.1. The first-order valence-corrected chi connectivity index (χ1v) is 9.90. The molecule has 0 atom stereocenters. The van der Waals surface area contributed by atoms with E-state index in [0.717, 1.165) is 19.3 Å². The van der Waals surface area contributed by atoms with Crippen LogP contribution < -0.4 is 0 Å². The van der Waals surface area contributed by atoms with Crippen molar-refractivity contribution in [1.82, 2.24) is 0 Å². The summed E-state index contributed by atoms with van der Waals surface area (Å²) >= 11 is 0. The molecular formula is C15H28F4O2S. The molecule has 0 bridgehead atoms. The molecule has 0 heterocycles. The fraction of sp³-hybridized carbons (Fsp3) is 1.00. The zero-order chi connectivity index (χ0) is 17.1. The van der Waals surface area contributed by atoms with Crippen molar-refractivity contribution < 1.29 is 26.0 Å². The molecule has 0 saturated heterocycles. The SMILES string of the molecule is CCCCCCCCCCCCS(=O)(=O)CC(F)(F)C(F)F. The van der Waals surface area contributed by atoms with E-state index in [2.05, 4.69) is 6.92 Å². The van der Waals surface area contributed by atoms with Crippen molar-refractivity contribution in [3.63, 3.8) is 0 Å². The van der Waals surface area contributed by atoms with Crippen molar-refractivity contribution >= 4 is 9.84 Å². The van der Waals surface area contributed by atoms with Gasteiger partial charge in [0.1, 0.15) is 5.75 Å². The maximum Gasteiger partial charge on any atom is 0.321 e. The Morgan fingerprint density at radius 3 is 1.64 bits per heavy atom. The lowest BCUT2D eigenvalue weighted by atomic mass is 10.1. The summed E-state index contributed by atoms with van der Waals surface area (Å²) in [6.07, 6.45) is 5.99. The van der Waals surface area contributed by atoms with Crippen LogP contribution in [0.3, 0.4) is 0 Å². The van der Waals surface area contributed by atoms with E-state index in [1.807, 2.05) is 0 Å². The van der Waals surface area contributed by atoms with Crippen molar-refractivity contribution in [1.29, 1.82) is 0 Å². The second-order valence-electron chi connectivity index (χ2n) is 5.84. The van der Waals surface area contributed by atoms with E-state index in [1.54, 1.807) is 0 Å². The second-order valence-corrected chi connectivity index (χ2v) is 8.02. The normalized spacial score (nSPS) is 13.0. The van der Waals surface area contributed by atoms with Gasteiger partial charge in [-0.3, -0.25) is 0 Å². The maximum atomic E-state index is 12.7. The summed E-state index contributed by atoms with van der Waals surface area (Å²) in [5, 5.41) is 0. The molecule has 0 amide bonds. The lowest BCUT2D eigenvalue weighted by Gasteiger charge is -2.15. The minimum absolute atomic E-state index is 0.261. The van der Waals surface area contributed by atoms with Gasteiger partial charge < -0.3 is 0 Å². The van der Waals surface area contributed by atoms with Crippen molar-refractivity contribution in [3.8, 4) is 0 Å². The van der Waals surface area contributed by atoms with Crippen LogP contribution in [0, 0.1) is 0 Å². The fourth-order valence-electron chi connectivity index (χ4n) is 2.24. The highest BCUT2D eigenvalue weighted by Gasteiger charge is 2.44. The molecule has 22 heavy (non-hydrogen) atoms. The largest absolute Gasteiger partial charge is 0.321 e. The Morgan fingerprint density at radius 1 is 0.818 bits per heavy atom. The summed E-state index contributed by atoms with van der Waals surface area (Å²) in [6, 6.07) is 0. The molecule has 0 saturated carbocycles. The molecule has 7 heteroatoms. The molecule has 2 nitrogen and oxygen atoms in total. The molecule has 0 rings (SSSR count). The highest BCUT2D eigenvalue weighted by atomic mass is 32.2. The van der Waals surface area contributed by atoms with Gasteiger partial charge in [-0.1, -0.05) is 64.7 Å². The van der Waals surface area contributed by atoms with Gasteiger partial charge in [0.25, 0.3) is 0 Å². The van der Waals surface area contributed by atoms with Crippen LogP contribution in [0.25, 0.3) is 0 Å². The third-order valence-electron chi connectivity index (χ3n) is 3.54.